The highest BCUT2D eigenvalue weighted by Crippen LogP contribution is 2.22. The first-order valence-electron chi connectivity index (χ1n) is 5.87. The average Bonchev–Trinajstić information content (AvgIpc) is 2.40. The lowest BCUT2D eigenvalue weighted by molar-refractivity contribution is 1.06. The molecule has 19 heavy (non-hydrogen) atoms. The molecule has 0 saturated heterocycles. The summed E-state index contributed by atoms with van der Waals surface area (Å²) in [6, 6.07) is 9.76. The Kier molecular flexibility index (Phi) is 4.66. The number of aromatic nitrogens is 1. The van der Waals surface area contributed by atoms with Crippen molar-refractivity contribution in [3.8, 4) is 0 Å². The van der Waals surface area contributed by atoms with E-state index in [1.54, 1.807) is 0 Å². The van der Waals surface area contributed by atoms with Crippen molar-refractivity contribution in [2.45, 2.75) is 6.54 Å². The fraction of sp³-hybridized carbons (Fsp3) is 0.214. The van der Waals surface area contributed by atoms with Crippen LogP contribution in [0.25, 0.3) is 0 Å². The Morgan fingerprint density at radius 3 is 2.68 bits per heavy atom. The lowest BCUT2D eigenvalue weighted by atomic mass is 10.2. The summed E-state index contributed by atoms with van der Waals surface area (Å²) in [6.45, 7) is 0.699. The first-order chi connectivity index (χ1) is 9.06. The second-order valence-corrected chi connectivity index (χ2v) is 5.68. The van der Waals surface area contributed by atoms with Crippen LogP contribution in [0.2, 0.25) is 5.02 Å². The maximum absolute atomic E-state index is 5.99. The van der Waals surface area contributed by atoms with E-state index in [0.29, 0.717) is 6.54 Å². The smallest absolute Gasteiger partial charge is 0.128 e. The highest BCUT2D eigenvalue weighted by Gasteiger charge is 2.02. The van der Waals surface area contributed by atoms with Crippen molar-refractivity contribution in [1.29, 1.82) is 0 Å². The van der Waals surface area contributed by atoms with E-state index in [2.05, 4.69) is 26.2 Å². The summed E-state index contributed by atoms with van der Waals surface area (Å²) >= 11 is 9.50. The fourth-order valence-electron chi connectivity index (χ4n) is 1.63. The van der Waals surface area contributed by atoms with E-state index in [-0.39, 0.29) is 0 Å². The number of rotatable bonds is 4. The van der Waals surface area contributed by atoms with E-state index in [1.807, 2.05) is 55.5 Å². The van der Waals surface area contributed by atoms with Gasteiger partial charge in [-0.05, 0) is 35.9 Å². The van der Waals surface area contributed by atoms with Crippen LogP contribution in [-0.4, -0.2) is 19.1 Å². The van der Waals surface area contributed by atoms with Gasteiger partial charge in [0.05, 0.1) is 11.9 Å². The standard InChI is InChI=1S/C14H15BrClN3/c1-19(2)14-6-4-12(9-18-14)17-8-10-7-11(16)3-5-13(10)15/h3-7,9,17H,8H2,1-2H3. The Morgan fingerprint density at radius 2 is 2.05 bits per heavy atom. The molecule has 1 aromatic carbocycles. The predicted molar refractivity (Wildman–Crippen MR) is 85.0 cm³/mol. The summed E-state index contributed by atoms with van der Waals surface area (Å²) in [4.78, 5) is 6.33. The molecule has 0 amide bonds. The van der Waals surface area contributed by atoms with Crippen molar-refractivity contribution in [2.75, 3.05) is 24.3 Å². The van der Waals surface area contributed by atoms with Crippen molar-refractivity contribution < 1.29 is 0 Å². The molecule has 0 aliphatic heterocycles. The molecule has 0 spiro atoms. The molecule has 0 unspecified atom stereocenters. The maximum atomic E-state index is 5.99. The lowest BCUT2D eigenvalue weighted by Gasteiger charge is -2.12. The van der Waals surface area contributed by atoms with E-state index in [1.165, 1.54) is 0 Å². The summed E-state index contributed by atoms with van der Waals surface area (Å²) < 4.78 is 1.04. The van der Waals surface area contributed by atoms with Crippen molar-refractivity contribution >= 4 is 39.0 Å². The van der Waals surface area contributed by atoms with Crippen molar-refractivity contribution in [3.05, 3.63) is 51.6 Å². The van der Waals surface area contributed by atoms with Gasteiger partial charge in [-0.15, -0.1) is 0 Å². The molecule has 1 aromatic heterocycles. The second-order valence-electron chi connectivity index (χ2n) is 4.39. The van der Waals surface area contributed by atoms with Gasteiger partial charge in [-0.25, -0.2) is 4.98 Å². The van der Waals surface area contributed by atoms with Crippen LogP contribution in [-0.2, 0) is 6.54 Å². The Bertz CT molecular complexity index is 555. The zero-order chi connectivity index (χ0) is 13.8. The average molecular weight is 341 g/mol. The third-order valence-corrected chi connectivity index (χ3v) is 3.71. The third-order valence-electron chi connectivity index (χ3n) is 2.70. The topological polar surface area (TPSA) is 28.2 Å². The van der Waals surface area contributed by atoms with Crippen LogP contribution in [0, 0.1) is 0 Å². The summed E-state index contributed by atoms with van der Waals surface area (Å²) in [5.41, 5.74) is 2.10. The normalized spacial score (nSPS) is 10.3. The zero-order valence-electron chi connectivity index (χ0n) is 10.8. The minimum absolute atomic E-state index is 0.699. The number of hydrogen-bond acceptors (Lipinski definition) is 3. The van der Waals surface area contributed by atoms with Gasteiger partial charge in [0.2, 0.25) is 0 Å². The third kappa shape index (κ3) is 3.85. The van der Waals surface area contributed by atoms with Crippen molar-refractivity contribution in [1.82, 2.24) is 4.98 Å². The molecular weight excluding hydrogens is 326 g/mol. The first kappa shape index (κ1) is 14.2. The second kappa shape index (κ2) is 6.26. The number of pyridine rings is 1. The van der Waals surface area contributed by atoms with Crippen LogP contribution in [0.1, 0.15) is 5.56 Å². The van der Waals surface area contributed by atoms with Crippen LogP contribution in [0.4, 0.5) is 11.5 Å². The van der Waals surface area contributed by atoms with Gasteiger partial charge in [-0.1, -0.05) is 27.5 Å². The highest BCUT2D eigenvalue weighted by atomic mass is 79.9. The lowest BCUT2D eigenvalue weighted by Crippen LogP contribution is -2.10. The van der Waals surface area contributed by atoms with Gasteiger partial charge in [-0.3, -0.25) is 0 Å². The Balaban J connectivity index is 2.04. The van der Waals surface area contributed by atoms with Crippen molar-refractivity contribution in [2.24, 2.45) is 0 Å². The van der Waals surface area contributed by atoms with Crippen LogP contribution in [0.5, 0.6) is 0 Å². The van der Waals surface area contributed by atoms with Crippen LogP contribution >= 0.6 is 27.5 Å². The van der Waals surface area contributed by atoms with Gasteiger partial charge < -0.3 is 10.2 Å². The zero-order valence-corrected chi connectivity index (χ0v) is 13.2. The largest absolute Gasteiger partial charge is 0.380 e. The fourth-order valence-corrected chi connectivity index (χ4v) is 2.21. The summed E-state index contributed by atoms with van der Waals surface area (Å²) in [7, 11) is 3.94. The molecule has 1 heterocycles. The number of anilines is 2. The Hall–Kier alpha value is -1.26. The minimum Gasteiger partial charge on any atom is -0.380 e. The molecule has 0 aliphatic carbocycles. The molecule has 2 aromatic rings. The van der Waals surface area contributed by atoms with E-state index in [4.69, 9.17) is 11.6 Å². The summed E-state index contributed by atoms with van der Waals surface area (Å²) in [5, 5.41) is 4.06. The molecule has 0 saturated carbocycles. The summed E-state index contributed by atoms with van der Waals surface area (Å²) in [5.74, 6) is 0.939. The van der Waals surface area contributed by atoms with Gasteiger partial charge in [-0.2, -0.15) is 0 Å². The van der Waals surface area contributed by atoms with E-state index < -0.39 is 0 Å². The number of nitrogens with zero attached hydrogens (tertiary/aromatic N) is 2. The quantitative estimate of drug-likeness (QED) is 0.905. The monoisotopic (exact) mass is 339 g/mol. The van der Waals surface area contributed by atoms with Crippen LogP contribution in [0.15, 0.2) is 41.0 Å². The van der Waals surface area contributed by atoms with Gasteiger partial charge in [0.1, 0.15) is 5.82 Å². The SMILES string of the molecule is CN(C)c1ccc(NCc2cc(Cl)ccc2Br)cn1. The van der Waals surface area contributed by atoms with Gasteiger partial charge in [0.25, 0.3) is 0 Å². The number of nitrogens with one attached hydrogen (secondary N) is 1. The Labute approximate surface area is 126 Å². The number of halogens is 2. The maximum Gasteiger partial charge on any atom is 0.128 e. The first-order valence-corrected chi connectivity index (χ1v) is 7.04. The molecule has 0 radical (unpaired) electrons. The van der Waals surface area contributed by atoms with E-state index >= 15 is 0 Å². The van der Waals surface area contributed by atoms with E-state index in [9.17, 15) is 0 Å². The highest BCUT2D eigenvalue weighted by molar-refractivity contribution is 9.10. The summed E-state index contributed by atoms with van der Waals surface area (Å²) in [6.07, 6.45) is 1.83. The minimum atomic E-state index is 0.699. The molecule has 0 atom stereocenters. The molecule has 100 valence electrons. The van der Waals surface area contributed by atoms with Crippen molar-refractivity contribution in [3.63, 3.8) is 0 Å². The van der Waals surface area contributed by atoms with Crippen LogP contribution in [0.3, 0.4) is 0 Å². The number of hydrogen-bond donors (Lipinski definition) is 1. The van der Waals surface area contributed by atoms with Gasteiger partial charge in [0, 0.05) is 30.1 Å². The van der Waals surface area contributed by atoms with Gasteiger partial charge in [0.15, 0.2) is 0 Å². The molecule has 1 N–H and O–H groups in total. The molecule has 3 nitrogen and oxygen atoms in total. The molecule has 0 fully saturated rings. The number of benzene rings is 1. The molecule has 5 heteroatoms. The van der Waals surface area contributed by atoms with Crippen LogP contribution < -0.4 is 10.2 Å². The van der Waals surface area contributed by atoms with E-state index in [0.717, 1.165) is 26.6 Å². The van der Waals surface area contributed by atoms with Gasteiger partial charge >= 0.3 is 0 Å². The predicted octanol–water partition coefficient (Wildman–Crippen LogP) is 4.18. The molecular formula is C14H15BrClN3. The molecule has 0 aliphatic rings. The molecule has 2 rings (SSSR count). The molecule has 0 bridgehead atoms. The Morgan fingerprint density at radius 1 is 1.26 bits per heavy atom.